The Morgan fingerprint density at radius 2 is 2.29 bits per heavy atom. The molecule has 1 aliphatic carbocycles. The van der Waals surface area contributed by atoms with Gasteiger partial charge < -0.3 is 15.3 Å². The number of aryl methyl sites for hydroxylation is 2. The Hall–Kier alpha value is -1.92. The summed E-state index contributed by atoms with van der Waals surface area (Å²) in [6.45, 7) is 4.17. The van der Waals surface area contributed by atoms with Crippen LogP contribution in [-0.2, 0) is 6.42 Å². The zero-order chi connectivity index (χ0) is 17.1. The third kappa shape index (κ3) is 3.44. The number of fused-ring (bicyclic) bond motifs is 1. The van der Waals surface area contributed by atoms with Gasteiger partial charge in [0.25, 0.3) is 0 Å². The van der Waals surface area contributed by atoms with Crippen LogP contribution < -0.4 is 5.32 Å². The van der Waals surface area contributed by atoms with E-state index in [0.29, 0.717) is 6.54 Å². The van der Waals surface area contributed by atoms with Crippen molar-refractivity contribution in [1.29, 1.82) is 0 Å². The predicted molar refractivity (Wildman–Crippen MR) is 95.1 cm³/mol. The number of thiazole rings is 1. The van der Waals surface area contributed by atoms with E-state index >= 15 is 0 Å². The molecule has 0 radical (unpaired) electrons. The van der Waals surface area contributed by atoms with Crippen molar-refractivity contribution in [2.75, 3.05) is 13.2 Å². The van der Waals surface area contributed by atoms with Gasteiger partial charge in [0.1, 0.15) is 5.01 Å². The molecule has 0 aliphatic heterocycles. The van der Waals surface area contributed by atoms with Crippen LogP contribution in [-0.4, -0.2) is 34.2 Å². The van der Waals surface area contributed by atoms with Crippen LogP contribution in [0.25, 0.3) is 0 Å². The zero-order valence-corrected chi connectivity index (χ0v) is 14.8. The molecule has 0 saturated heterocycles. The van der Waals surface area contributed by atoms with Crippen molar-refractivity contribution in [1.82, 2.24) is 15.2 Å². The first-order chi connectivity index (χ1) is 11.6. The summed E-state index contributed by atoms with van der Waals surface area (Å²) >= 11 is 1.55. The summed E-state index contributed by atoms with van der Waals surface area (Å²) < 4.78 is 0. The maximum absolute atomic E-state index is 12.8. The molecule has 3 rings (SSSR count). The Labute approximate surface area is 146 Å². The molecule has 5 nitrogen and oxygen atoms in total. The summed E-state index contributed by atoms with van der Waals surface area (Å²) in [6.07, 6.45) is 1.87. The van der Waals surface area contributed by atoms with Crippen LogP contribution in [0.1, 0.15) is 47.3 Å². The van der Waals surface area contributed by atoms with Gasteiger partial charge in [-0.2, -0.15) is 0 Å². The van der Waals surface area contributed by atoms with Crippen LogP contribution >= 0.6 is 11.3 Å². The number of rotatable bonds is 5. The molecular formula is C18H23N3O2S. The fourth-order valence-corrected chi connectivity index (χ4v) is 4.07. The molecule has 2 aromatic rings. The van der Waals surface area contributed by atoms with Crippen molar-refractivity contribution in [2.24, 2.45) is 0 Å². The van der Waals surface area contributed by atoms with E-state index in [1.165, 1.54) is 11.1 Å². The molecule has 0 unspecified atom stereocenters. The summed E-state index contributed by atoms with van der Waals surface area (Å²) in [5, 5.41) is 15.3. The molecule has 2 amide bonds. The van der Waals surface area contributed by atoms with Crippen LogP contribution in [0, 0.1) is 6.92 Å². The number of hydrogen-bond donors (Lipinski definition) is 2. The summed E-state index contributed by atoms with van der Waals surface area (Å²) in [4.78, 5) is 19.0. The quantitative estimate of drug-likeness (QED) is 0.874. The number of aromatic nitrogens is 1. The van der Waals surface area contributed by atoms with E-state index < -0.39 is 0 Å². The maximum atomic E-state index is 12.8. The number of hydrogen-bond acceptors (Lipinski definition) is 4. The van der Waals surface area contributed by atoms with Crippen LogP contribution in [0.5, 0.6) is 0 Å². The van der Waals surface area contributed by atoms with Gasteiger partial charge in [0, 0.05) is 17.6 Å². The molecular weight excluding hydrogens is 322 g/mol. The van der Waals surface area contributed by atoms with Gasteiger partial charge in [-0.1, -0.05) is 24.3 Å². The molecule has 0 spiro atoms. The fraction of sp³-hybridized carbons (Fsp3) is 0.444. The van der Waals surface area contributed by atoms with E-state index in [1.807, 2.05) is 31.4 Å². The van der Waals surface area contributed by atoms with E-state index in [4.69, 9.17) is 0 Å². The smallest absolute Gasteiger partial charge is 0.318 e. The highest BCUT2D eigenvalue weighted by Gasteiger charge is 2.31. The highest BCUT2D eigenvalue weighted by atomic mass is 32.1. The molecule has 2 N–H and O–H groups in total. The molecule has 0 saturated carbocycles. The SMILES string of the molecule is Cc1csc([C@H](C)NC(=O)N(CCO)[C@H]2CCc3ccccc32)n1. The minimum Gasteiger partial charge on any atom is -0.395 e. The number of benzene rings is 1. The van der Waals surface area contributed by atoms with Gasteiger partial charge in [0.05, 0.1) is 18.7 Å². The van der Waals surface area contributed by atoms with Crippen molar-refractivity contribution >= 4 is 17.4 Å². The van der Waals surface area contributed by atoms with Crippen LogP contribution in [0.3, 0.4) is 0 Å². The largest absolute Gasteiger partial charge is 0.395 e. The number of aliphatic hydroxyl groups excluding tert-OH is 1. The Morgan fingerprint density at radius 1 is 1.50 bits per heavy atom. The number of urea groups is 1. The molecule has 2 atom stereocenters. The molecule has 128 valence electrons. The predicted octanol–water partition coefficient (Wildman–Crippen LogP) is 3.20. The normalized spacial score (nSPS) is 17.4. The molecule has 0 bridgehead atoms. The van der Waals surface area contributed by atoms with Gasteiger partial charge in [0.2, 0.25) is 0 Å². The molecule has 1 heterocycles. The Balaban J connectivity index is 1.75. The highest BCUT2D eigenvalue weighted by Crippen LogP contribution is 2.35. The summed E-state index contributed by atoms with van der Waals surface area (Å²) in [5.41, 5.74) is 3.45. The first-order valence-corrected chi connectivity index (χ1v) is 9.16. The first-order valence-electron chi connectivity index (χ1n) is 8.28. The minimum atomic E-state index is -0.147. The Bertz CT molecular complexity index is 716. The van der Waals surface area contributed by atoms with E-state index in [-0.39, 0.29) is 24.7 Å². The van der Waals surface area contributed by atoms with Crippen molar-refractivity contribution in [2.45, 2.75) is 38.8 Å². The zero-order valence-electron chi connectivity index (χ0n) is 14.0. The van der Waals surface area contributed by atoms with E-state index in [1.54, 1.807) is 16.2 Å². The van der Waals surface area contributed by atoms with E-state index in [9.17, 15) is 9.90 Å². The average Bonchev–Trinajstić information content (AvgIpc) is 3.19. The average molecular weight is 345 g/mol. The lowest BCUT2D eigenvalue weighted by Gasteiger charge is -2.30. The summed E-state index contributed by atoms with van der Waals surface area (Å²) in [6, 6.07) is 7.97. The number of amides is 2. The molecule has 24 heavy (non-hydrogen) atoms. The molecule has 1 aliphatic rings. The number of carbonyl (C=O) groups is 1. The number of aliphatic hydroxyl groups is 1. The van der Waals surface area contributed by atoms with Gasteiger partial charge in [0.15, 0.2) is 0 Å². The number of carbonyl (C=O) groups excluding carboxylic acids is 1. The van der Waals surface area contributed by atoms with Crippen LogP contribution in [0.4, 0.5) is 4.79 Å². The second kappa shape index (κ2) is 7.32. The first kappa shape index (κ1) is 16.9. The lowest BCUT2D eigenvalue weighted by Crippen LogP contribution is -2.44. The summed E-state index contributed by atoms with van der Waals surface area (Å²) in [5.74, 6) is 0. The topological polar surface area (TPSA) is 65.5 Å². The third-order valence-corrected chi connectivity index (χ3v) is 5.57. The van der Waals surface area contributed by atoms with Crippen molar-refractivity contribution in [3.05, 3.63) is 51.5 Å². The van der Waals surface area contributed by atoms with Crippen LogP contribution in [0.15, 0.2) is 29.6 Å². The molecule has 1 aromatic heterocycles. The summed E-state index contributed by atoms with van der Waals surface area (Å²) in [7, 11) is 0. The van der Waals surface area contributed by atoms with Crippen LogP contribution in [0.2, 0.25) is 0 Å². The molecule has 6 heteroatoms. The Kier molecular flexibility index (Phi) is 5.16. The molecule has 1 aromatic carbocycles. The highest BCUT2D eigenvalue weighted by molar-refractivity contribution is 7.09. The van der Waals surface area contributed by atoms with Crippen molar-refractivity contribution in [3.8, 4) is 0 Å². The minimum absolute atomic E-state index is 0.0265. The standard InChI is InChI=1S/C18H23N3O2S/c1-12-11-24-17(19-12)13(2)20-18(23)21(9-10-22)16-8-7-14-5-3-4-6-15(14)16/h3-6,11,13,16,22H,7-10H2,1-2H3,(H,20,23)/t13-,16-/m0/s1. The van der Waals surface area contributed by atoms with Gasteiger partial charge in [-0.15, -0.1) is 11.3 Å². The van der Waals surface area contributed by atoms with E-state index in [2.05, 4.69) is 22.4 Å². The Morgan fingerprint density at radius 3 is 3.00 bits per heavy atom. The van der Waals surface area contributed by atoms with E-state index in [0.717, 1.165) is 23.5 Å². The van der Waals surface area contributed by atoms with Gasteiger partial charge in [-0.05, 0) is 37.8 Å². The monoisotopic (exact) mass is 345 g/mol. The maximum Gasteiger partial charge on any atom is 0.318 e. The lowest BCUT2D eigenvalue weighted by atomic mass is 10.1. The van der Waals surface area contributed by atoms with Gasteiger partial charge >= 0.3 is 6.03 Å². The number of nitrogens with zero attached hydrogens (tertiary/aromatic N) is 2. The second-order valence-corrected chi connectivity index (χ2v) is 7.06. The fourth-order valence-electron chi connectivity index (χ4n) is 3.27. The van der Waals surface area contributed by atoms with Crippen molar-refractivity contribution < 1.29 is 9.90 Å². The lowest BCUT2D eigenvalue weighted by molar-refractivity contribution is 0.149. The van der Waals surface area contributed by atoms with Crippen molar-refractivity contribution in [3.63, 3.8) is 0 Å². The van der Waals surface area contributed by atoms with Gasteiger partial charge in [-0.25, -0.2) is 9.78 Å². The molecule has 0 fully saturated rings. The second-order valence-electron chi connectivity index (χ2n) is 6.17. The van der Waals surface area contributed by atoms with Gasteiger partial charge in [-0.3, -0.25) is 0 Å². The third-order valence-electron chi connectivity index (χ3n) is 4.43. The number of nitrogens with one attached hydrogen (secondary N) is 1.